The topological polar surface area (TPSA) is 85.1 Å². The number of benzene rings is 1. The lowest BCUT2D eigenvalue weighted by atomic mass is 10.1. The number of nitro benzene ring substituents is 1. The lowest BCUT2D eigenvalue weighted by Crippen LogP contribution is -2.15. The van der Waals surface area contributed by atoms with Gasteiger partial charge < -0.3 is 5.32 Å². The number of carbonyl (C=O) groups is 1. The lowest BCUT2D eigenvalue weighted by Gasteiger charge is -2.07. The van der Waals surface area contributed by atoms with Gasteiger partial charge in [0.15, 0.2) is 0 Å². The zero-order valence-corrected chi connectivity index (χ0v) is 12.1. The summed E-state index contributed by atoms with van der Waals surface area (Å²) in [6.45, 7) is 0. The molecule has 0 atom stereocenters. The van der Waals surface area contributed by atoms with Crippen LogP contribution in [0.1, 0.15) is 5.56 Å². The molecule has 108 valence electrons. The molecule has 0 saturated heterocycles. The quantitative estimate of drug-likeness (QED) is 0.688. The predicted octanol–water partition coefficient (Wildman–Crippen LogP) is 3.48. The first-order chi connectivity index (χ1) is 9.97. The Morgan fingerprint density at radius 1 is 1.33 bits per heavy atom. The Labute approximate surface area is 129 Å². The summed E-state index contributed by atoms with van der Waals surface area (Å²) in [7, 11) is 0. The molecule has 1 N–H and O–H groups in total. The van der Waals surface area contributed by atoms with Crippen molar-refractivity contribution in [2.75, 3.05) is 5.32 Å². The van der Waals surface area contributed by atoms with Gasteiger partial charge in [-0.3, -0.25) is 19.9 Å². The summed E-state index contributed by atoms with van der Waals surface area (Å²) in [6.07, 6.45) is 2.71. The third-order valence-corrected chi connectivity index (χ3v) is 3.39. The molecular weight excluding hydrogens is 317 g/mol. The number of hydrogen-bond acceptors (Lipinski definition) is 4. The predicted molar refractivity (Wildman–Crippen MR) is 79.7 cm³/mol. The molecule has 21 heavy (non-hydrogen) atoms. The van der Waals surface area contributed by atoms with E-state index >= 15 is 0 Å². The molecule has 0 saturated carbocycles. The van der Waals surface area contributed by atoms with E-state index in [1.54, 1.807) is 6.07 Å². The highest BCUT2D eigenvalue weighted by Gasteiger charge is 2.12. The number of anilines is 1. The van der Waals surface area contributed by atoms with Crippen LogP contribution >= 0.6 is 23.2 Å². The number of nitrogens with one attached hydrogen (secondary N) is 1. The van der Waals surface area contributed by atoms with E-state index in [0.29, 0.717) is 11.3 Å². The maximum absolute atomic E-state index is 11.9. The van der Waals surface area contributed by atoms with E-state index in [4.69, 9.17) is 23.2 Å². The average molecular weight is 326 g/mol. The minimum atomic E-state index is -0.515. The fourth-order valence-corrected chi connectivity index (χ4v) is 1.97. The number of carbonyl (C=O) groups excluding carboxylic acids is 1. The number of halogens is 2. The Hall–Kier alpha value is -2.18. The zero-order valence-electron chi connectivity index (χ0n) is 10.5. The molecule has 0 aliphatic rings. The smallest absolute Gasteiger partial charge is 0.269 e. The molecule has 1 aromatic heterocycles. The van der Waals surface area contributed by atoms with Crippen LogP contribution in [0.3, 0.4) is 0 Å². The number of hydrogen-bond donors (Lipinski definition) is 1. The summed E-state index contributed by atoms with van der Waals surface area (Å²) in [5.41, 5.74) is 0.746. The molecule has 0 aliphatic carbocycles. The van der Waals surface area contributed by atoms with E-state index in [-0.39, 0.29) is 28.1 Å². The van der Waals surface area contributed by atoms with Crippen molar-refractivity contribution in [1.82, 2.24) is 4.98 Å². The van der Waals surface area contributed by atoms with Gasteiger partial charge in [-0.05, 0) is 5.56 Å². The van der Waals surface area contributed by atoms with Gasteiger partial charge in [-0.1, -0.05) is 35.3 Å². The largest absolute Gasteiger partial charge is 0.323 e. The zero-order chi connectivity index (χ0) is 15.4. The molecule has 1 amide bonds. The van der Waals surface area contributed by atoms with Gasteiger partial charge in [0.05, 0.1) is 33.3 Å². The number of rotatable bonds is 4. The van der Waals surface area contributed by atoms with Crippen molar-refractivity contribution in [3.63, 3.8) is 0 Å². The molecule has 1 aromatic carbocycles. The first-order valence-corrected chi connectivity index (χ1v) is 6.55. The van der Waals surface area contributed by atoms with E-state index in [0.717, 1.165) is 0 Å². The summed E-state index contributed by atoms with van der Waals surface area (Å²) in [5, 5.41) is 13.7. The first-order valence-electron chi connectivity index (χ1n) is 5.79. The van der Waals surface area contributed by atoms with E-state index in [2.05, 4.69) is 10.3 Å². The molecule has 6 nitrogen and oxygen atoms in total. The van der Waals surface area contributed by atoms with Crippen LogP contribution in [0.4, 0.5) is 11.4 Å². The highest BCUT2D eigenvalue weighted by Crippen LogP contribution is 2.28. The van der Waals surface area contributed by atoms with E-state index in [1.807, 2.05) is 0 Å². The Bertz CT molecular complexity index is 707. The van der Waals surface area contributed by atoms with E-state index in [9.17, 15) is 14.9 Å². The summed E-state index contributed by atoms with van der Waals surface area (Å²) in [6, 6.07) is 5.86. The Morgan fingerprint density at radius 2 is 2.10 bits per heavy atom. The van der Waals surface area contributed by atoms with Crippen molar-refractivity contribution in [3.8, 4) is 0 Å². The number of pyridine rings is 1. The van der Waals surface area contributed by atoms with Crippen molar-refractivity contribution < 1.29 is 9.72 Å². The Balaban J connectivity index is 2.10. The molecular formula is C13H9Cl2N3O3. The highest BCUT2D eigenvalue weighted by molar-refractivity contribution is 6.43. The number of nitro groups is 1. The van der Waals surface area contributed by atoms with E-state index < -0.39 is 4.92 Å². The van der Waals surface area contributed by atoms with Gasteiger partial charge >= 0.3 is 0 Å². The van der Waals surface area contributed by atoms with Crippen LogP contribution in [-0.2, 0) is 11.2 Å². The van der Waals surface area contributed by atoms with Crippen LogP contribution in [-0.4, -0.2) is 15.8 Å². The SMILES string of the molecule is O=C(Cc1cccc([N+](=O)[O-])c1)Nc1cncc(Cl)c1Cl. The number of aromatic nitrogens is 1. The molecule has 0 unspecified atom stereocenters. The molecule has 8 heteroatoms. The van der Waals surface area contributed by atoms with E-state index in [1.165, 1.54) is 30.6 Å². The van der Waals surface area contributed by atoms with Gasteiger partial charge in [-0.15, -0.1) is 0 Å². The highest BCUT2D eigenvalue weighted by atomic mass is 35.5. The maximum atomic E-state index is 11.9. The average Bonchev–Trinajstić information content (AvgIpc) is 2.44. The van der Waals surface area contributed by atoms with Crippen LogP contribution in [0.25, 0.3) is 0 Å². The van der Waals surface area contributed by atoms with Crippen LogP contribution < -0.4 is 5.32 Å². The standard InChI is InChI=1S/C13H9Cl2N3O3/c14-10-6-16-7-11(13(10)15)17-12(19)5-8-2-1-3-9(4-8)18(20)21/h1-4,6-7H,5H2,(H,17,19). The molecule has 0 fully saturated rings. The van der Waals surface area contributed by atoms with Crippen LogP contribution in [0.15, 0.2) is 36.7 Å². The molecule has 0 aliphatic heterocycles. The normalized spacial score (nSPS) is 10.2. The minimum Gasteiger partial charge on any atom is -0.323 e. The van der Waals surface area contributed by atoms with Gasteiger partial charge in [0.1, 0.15) is 0 Å². The second kappa shape index (κ2) is 6.51. The van der Waals surface area contributed by atoms with Crippen molar-refractivity contribution in [1.29, 1.82) is 0 Å². The third-order valence-electron chi connectivity index (χ3n) is 2.60. The third kappa shape index (κ3) is 3.90. The van der Waals surface area contributed by atoms with Crippen molar-refractivity contribution >= 4 is 40.5 Å². The molecule has 0 radical (unpaired) electrons. The second-order valence-corrected chi connectivity index (χ2v) is 4.92. The van der Waals surface area contributed by atoms with Gasteiger partial charge in [-0.25, -0.2) is 0 Å². The van der Waals surface area contributed by atoms with Crippen LogP contribution in [0.2, 0.25) is 10.0 Å². The molecule has 0 bridgehead atoms. The van der Waals surface area contributed by atoms with Crippen molar-refractivity contribution in [2.45, 2.75) is 6.42 Å². The number of nitrogens with zero attached hydrogens (tertiary/aromatic N) is 2. The monoisotopic (exact) mass is 325 g/mol. The fraction of sp³-hybridized carbons (Fsp3) is 0.0769. The summed E-state index contributed by atoms with van der Waals surface area (Å²) in [4.78, 5) is 25.9. The summed E-state index contributed by atoms with van der Waals surface area (Å²) >= 11 is 11.7. The van der Waals surface area contributed by atoms with Gasteiger partial charge in [0, 0.05) is 18.3 Å². The molecule has 2 rings (SSSR count). The van der Waals surface area contributed by atoms with Crippen molar-refractivity contribution in [3.05, 3.63) is 62.4 Å². The number of amides is 1. The summed E-state index contributed by atoms with van der Waals surface area (Å²) < 4.78 is 0. The van der Waals surface area contributed by atoms with Crippen molar-refractivity contribution in [2.24, 2.45) is 0 Å². The van der Waals surface area contributed by atoms with Gasteiger partial charge in [-0.2, -0.15) is 0 Å². The lowest BCUT2D eigenvalue weighted by molar-refractivity contribution is -0.384. The minimum absolute atomic E-state index is 0.0233. The van der Waals surface area contributed by atoms with Gasteiger partial charge in [0.25, 0.3) is 5.69 Å². The Morgan fingerprint density at radius 3 is 2.81 bits per heavy atom. The molecule has 2 aromatic rings. The summed E-state index contributed by atoms with van der Waals surface area (Å²) in [5.74, 6) is -0.374. The maximum Gasteiger partial charge on any atom is 0.269 e. The van der Waals surface area contributed by atoms with Crippen LogP contribution in [0.5, 0.6) is 0 Å². The molecule has 0 spiro atoms. The number of non-ortho nitro benzene ring substituents is 1. The fourth-order valence-electron chi connectivity index (χ4n) is 1.67. The van der Waals surface area contributed by atoms with Gasteiger partial charge in [0.2, 0.25) is 5.91 Å². The first kappa shape index (κ1) is 15.2. The van der Waals surface area contributed by atoms with Crippen LogP contribution in [0, 0.1) is 10.1 Å². The Kier molecular flexibility index (Phi) is 4.72. The second-order valence-electron chi connectivity index (χ2n) is 4.13. The molecule has 1 heterocycles.